The molecule has 1 amide bonds. The number of anilines is 2. The highest BCUT2D eigenvalue weighted by molar-refractivity contribution is 5.73. The number of hydrogen-bond acceptors (Lipinski definition) is 6. The van der Waals surface area contributed by atoms with Gasteiger partial charge in [-0.3, -0.25) is 4.79 Å². The van der Waals surface area contributed by atoms with Gasteiger partial charge in [0.05, 0.1) is 12.6 Å². The van der Waals surface area contributed by atoms with Crippen LogP contribution in [-0.2, 0) is 4.79 Å². The number of carbonyl (C=O) groups excluding carboxylic acids is 1. The number of carbonyl (C=O) groups is 1. The van der Waals surface area contributed by atoms with E-state index in [-0.39, 0.29) is 23.9 Å². The van der Waals surface area contributed by atoms with E-state index in [1.807, 2.05) is 43.0 Å². The van der Waals surface area contributed by atoms with Gasteiger partial charge < -0.3 is 20.3 Å². The van der Waals surface area contributed by atoms with Crippen LogP contribution in [0.4, 0.5) is 16.0 Å². The first-order valence-electron chi connectivity index (χ1n) is 10.0. The van der Waals surface area contributed by atoms with Crippen LogP contribution in [0.1, 0.15) is 45.2 Å². The molecule has 2 heterocycles. The van der Waals surface area contributed by atoms with E-state index in [1.165, 1.54) is 13.3 Å². The number of rotatable bonds is 8. The van der Waals surface area contributed by atoms with Crippen molar-refractivity contribution in [3.63, 3.8) is 0 Å². The molecule has 0 unspecified atom stereocenters. The lowest BCUT2D eigenvalue weighted by Crippen LogP contribution is -2.26. The van der Waals surface area contributed by atoms with Crippen molar-refractivity contribution in [2.45, 2.75) is 45.8 Å². The molecule has 0 spiro atoms. The quantitative estimate of drug-likeness (QED) is 0.707. The van der Waals surface area contributed by atoms with Crippen LogP contribution in [0.2, 0.25) is 0 Å². The Bertz CT molecular complexity index is 830. The molecule has 0 aliphatic carbocycles. The van der Waals surface area contributed by atoms with Gasteiger partial charge in [-0.25, -0.2) is 9.97 Å². The molecule has 1 aliphatic heterocycles. The Labute approximate surface area is 170 Å². The number of ether oxygens (including phenoxy) is 1. The van der Waals surface area contributed by atoms with Gasteiger partial charge in [-0.1, -0.05) is 19.1 Å². The van der Waals surface area contributed by atoms with Crippen LogP contribution in [0, 0.1) is 5.82 Å². The Morgan fingerprint density at radius 1 is 1.34 bits per heavy atom. The van der Waals surface area contributed by atoms with Gasteiger partial charge in [-0.05, 0) is 31.0 Å². The van der Waals surface area contributed by atoms with E-state index in [1.54, 1.807) is 0 Å². The first kappa shape index (κ1) is 20.8. The van der Waals surface area contributed by atoms with Crippen LogP contribution in [0.3, 0.4) is 0 Å². The average Bonchev–Trinajstić information content (AvgIpc) is 3.15. The molecule has 1 aromatic heterocycles. The number of halogens is 1. The van der Waals surface area contributed by atoms with Crippen molar-refractivity contribution < 1.29 is 13.9 Å². The summed E-state index contributed by atoms with van der Waals surface area (Å²) in [5.74, 6) is 0.824. The number of benzene rings is 1. The summed E-state index contributed by atoms with van der Waals surface area (Å²) < 4.78 is 20.8. The molecule has 156 valence electrons. The Balaban J connectivity index is 1.60. The molecule has 2 atom stereocenters. The largest absolute Gasteiger partial charge is 0.489 e. The zero-order valence-corrected chi connectivity index (χ0v) is 17.1. The molecule has 29 heavy (non-hydrogen) atoms. The Morgan fingerprint density at radius 2 is 2.10 bits per heavy atom. The van der Waals surface area contributed by atoms with E-state index in [0.717, 1.165) is 24.2 Å². The number of amides is 1. The fraction of sp³-hybridized carbons (Fsp3) is 0.476. The average molecular weight is 401 g/mol. The molecule has 0 bridgehead atoms. The highest BCUT2D eigenvalue weighted by atomic mass is 19.1. The number of nitrogens with zero attached hydrogens (tertiary/aromatic N) is 3. The molecule has 0 radical (unpaired) electrons. The summed E-state index contributed by atoms with van der Waals surface area (Å²) >= 11 is 0. The van der Waals surface area contributed by atoms with Crippen LogP contribution in [0.5, 0.6) is 5.75 Å². The van der Waals surface area contributed by atoms with E-state index in [4.69, 9.17) is 4.74 Å². The fourth-order valence-corrected chi connectivity index (χ4v) is 3.38. The monoisotopic (exact) mass is 401 g/mol. The molecule has 2 N–H and O–H groups in total. The summed E-state index contributed by atoms with van der Waals surface area (Å²) in [7, 11) is 0. The minimum absolute atomic E-state index is 0.0463. The van der Waals surface area contributed by atoms with Crippen LogP contribution in [0.15, 0.2) is 30.6 Å². The lowest BCUT2D eigenvalue weighted by atomic mass is 10.1. The molecular weight excluding hydrogens is 373 g/mol. The minimum atomic E-state index is -0.419. The summed E-state index contributed by atoms with van der Waals surface area (Å²) in [6, 6.07) is 7.62. The molecular formula is C21H28FN5O2. The van der Waals surface area contributed by atoms with Crippen molar-refractivity contribution in [2.24, 2.45) is 0 Å². The first-order chi connectivity index (χ1) is 14.0. The third kappa shape index (κ3) is 5.34. The molecule has 0 saturated carbocycles. The summed E-state index contributed by atoms with van der Waals surface area (Å²) in [6.07, 6.45) is 3.01. The molecule has 7 nitrogen and oxygen atoms in total. The molecule has 3 rings (SSSR count). The van der Waals surface area contributed by atoms with Crippen molar-refractivity contribution in [3.8, 4) is 5.75 Å². The van der Waals surface area contributed by atoms with Crippen molar-refractivity contribution in [1.29, 1.82) is 0 Å². The van der Waals surface area contributed by atoms with E-state index in [9.17, 15) is 9.18 Å². The molecule has 1 aliphatic rings. The van der Waals surface area contributed by atoms with Crippen molar-refractivity contribution in [1.82, 2.24) is 15.3 Å². The molecule has 1 fully saturated rings. The van der Waals surface area contributed by atoms with Gasteiger partial charge in [0.1, 0.15) is 18.2 Å². The van der Waals surface area contributed by atoms with Gasteiger partial charge in [-0.15, -0.1) is 0 Å². The third-order valence-electron chi connectivity index (χ3n) is 4.86. The fourth-order valence-electron chi connectivity index (χ4n) is 3.38. The first-order valence-corrected chi connectivity index (χ1v) is 10.0. The Morgan fingerprint density at radius 3 is 2.79 bits per heavy atom. The summed E-state index contributed by atoms with van der Waals surface area (Å²) in [4.78, 5) is 21.2. The highest BCUT2D eigenvalue weighted by Crippen LogP contribution is 2.27. The predicted molar refractivity (Wildman–Crippen MR) is 111 cm³/mol. The van der Waals surface area contributed by atoms with E-state index in [0.29, 0.717) is 25.5 Å². The van der Waals surface area contributed by atoms with Gasteiger partial charge in [0, 0.05) is 26.4 Å². The topological polar surface area (TPSA) is 79.4 Å². The third-order valence-corrected chi connectivity index (χ3v) is 4.86. The van der Waals surface area contributed by atoms with Crippen LogP contribution < -0.4 is 20.3 Å². The summed E-state index contributed by atoms with van der Waals surface area (Å²) in [5, 5.41) is 5.85. The maximum atomic E-state index is 14.7. The van der Waals surface area contributed by atoms with E-state index < -0.39 is 5.82 Å². The van der Waals surface area contributed by atoms with E-state index in [2.05, 4.69) is 20.6 Å². The minimum Gasteiger partial charge on any atom is -0.489 e. The normalized spacial score (nSPS) is 17.1. The number of aromatic nitrogens is 2. The Kier molecular flexibility index (Phi) is 6.85. The smallest absolute Gasteiger partial charge is 0.217 e. The zero-order chi connectivity index (χ0) is 20.8. The zero-order valence-electron chi connectivity index (χ0n) is 17.1. The van der Waals surface area contributed by atoms with Crippen LogP contribution in [-0.4, -0.2) is 41.6 Å². The van der Waals surface area contributed by atoms with Crippen molar-refractivity contribution in [3.05, 3.63) is 42.0 Å². The van der Waals surface area contributed by atoms with Gasteiger partial charge in [0.25, 0.3) is 0 Å². The molecule has 8 heteroatoms. The van der Waals surface area contributed by atoms with Crippen molar-refractivity contribution in [2.75, 3.05) is 29.9 Å². The number of nitrogens with one attached hydrogen (secondary N) is 2. The van der Waals surface area contributed by atoms with Gasteiger partial charge in [-0.2, -0.15) is 4.39 Å². The Hall–Kier alpha value is -2.90. The molecule has 1 saturated heterocycles. The van der Waals surface area contributed by atoms with Crippen molar-refractivity contribution >= 4 is 17.5 Å². The second kappa shape index (κ2) is 9.54. The summed E-state index contributed by atoms with van der Waals surface area (Å²) in [6.45, 7) is 7.35. The predicted octanol–water partition coefficient (Wildman–Crippen LogP) is 3.29. The SMILES string of the molecule is CCCNc1ncnc(N2CC[C@@H](Oc3ccc([C@H](C)NC(C)=O)cc3)C2)c1F. The summed E-state index contributed by atoms with van der Waals surface area (Å²) in [5.41, 5.74) is 1.01. The van der Waals surface area contributed by atoms with Crippen LogP contribution in [0.25, 0.3) is 0 Å². The second-order valence-electron chi connectivity index (χ2n) is 7.25. The second-order valence-corrected chi connectivity index (χ2v) is 7.25. The van der Waals surface area contributed by atoms with Gasteiger partial charge >= 0.3 is 0 Å². The molecule has 2 aromatic rings. The lowest BCUT2D eigenvalue weighted by molar-refractivity contribution is -0.119. The maximum Gasteiger partial charge on any atom is 0.217 e. The standard InChI is InChI=1S/C21H28FN5O2/c1-4-10-23-20-19(22)21(25-13-24-20)27-11-9-18(12-27)29-17-7-5-16(6-8-17)14(2)26-15(3)28/h5-8,13-14,18H,4,9-12H2,1-3H3,(H,26,28)(H,23,24,25)/t14-,18+/m0/s1. The highest BCUT2D eigenvalue weighted by Gasteiger charge is 2.28. The van der Waals surface area contributed by atoms with Gasteiger partial charge in [0.15, 0.2) is 11.6 Å². The molecule has 1 aromatic carbocycles. The van der Waals surface area contributed by atoms with E-state index >= 15 is 0 Å². The number of hydrogen-bond donors (Lipinski definition) is 2. The van der Waals surface area contributed by atoms with Gasteiger partial charge in [0.2, 0.25) is 11.7 Å². The lowest BCUT2D eigenvalue weighted by Gasteiger charge is -2.19. The maximum absolute atomic E-state index is 14.7. The van der Waals surface area contributed by atoms with Crippen LogP contribution >= 0.6 is 0 Å².